The summed E-state index contributed by atoms with van der Waals surface area (Å²) >= 11 is 1.35. The number of hydrogen-bond donors (Lipinski definition) is 2. The van der Waals surface area contributed by atoms with E-state index in [0.717, 1.165) is 34.4 Å². The molecule has 8 nitrogen and oxygen atoms in total. The molecule has 0 aliphatic heterocycles. The summed E-state index contributed by atoms with van der Waals surface area (Å²) in [7, 11) is 0. The van der Waals surface area contributed by atoms with Crippen LogP contribution in [0.1, 0.15) is 81.8 Å². The number of esters is 1. The first-order valence-corrected chi connectivity index (χ1v) is 14.1. The van der Waals surface area contributed by atoms with Crippen LogP contribution >= 0.6 is 11.9 Å². The van der Waals surface area contributed by atoms with Crippen molar-refractivity contribution in [2.24, 2.45) is 5.92 Å². The molecular formula is C28H39N5O3S. The predicted molar refractivity (Wildman–Crippen MR) is 148 cm³/mol. The minimum atomic E-state index is -0.504. The van der Waals surface area contributed by atoms with E-state index in [1.807, 2.05) is 52.0 Å². The molecule has 9 heteroatoms. The van der Waals surface area contributed by atoms with Crippen molar-refractivity contribution in [3.8, 4) is 0 Å². The number of nitrogens with zero attached hydrogens (tertiary/aromatic N) is 3. The number of hydrogen-bond acceptors (Lipinski definition) is 8. The summed E-state index contributed by atoms with van der Waals surface area (Å²) in [5.41, 5.74) is 1.52. The van der Waals surface area contributed by atoms with E-state index in [4.69, 9.17) is 4.74 Å². The Morgan fingerprint density at radius 2 is 1.84 bits per heavy atom. The van der Waals surface area contributed by atoms with Crippen molar-refractivity contribution in [3.05, 3.63) is 41.9 Å². The van der Waals surface area contributed by atoms with Crippen LogP contribution in [0.2, 0.25) is 0 Å². The van der Waals surface area contributed by atoms with Gasteiger partial charge in [-0.05, 0) is 95.0 Å². The third-order valence-corrected chi connectivity index (χ3v) is 7.40. The van der Waals surface area contributed by atoms with E-state index in [1.165, 1.54) is 63.2 Å². The van der Waals surface area contributed by atoms with E-state index in [0.29, 0.717) is 11.7 Å². The van der Waals surface area contributed by atoms with Crippen LogP contribution in [0.4, 0.5) is 11.5 Å². The van der Waals surface area contributed by atoms with Gasteiger partial charge in [0.15, 0.2) is 0 Å². The van der Waals surface area contributed by atoms with Gasteiger partial charge in [0.05, 0.1) is 0 Å². The van der Waals surface area contributed by atoms with Crippen LogP contribution in [0.25, 0.3) is 0 Å². The van der Waals surface area contributed by atoms with Crippen molar-refractivity contribution in [1.29, 1.82) is 0 Å². The third kappa shape index (κ3) is 8.43. The summed E-state index contributed by atoms with van der Waals surface area (Å²) in [6.07, 6.45) is 10.3. The van der Waals surface area contributed by atoms with Gasteiger partial charge in [0, 0.05) is 29.2 Å². The third-order valence-electron chi connectivity index (χ3n) is 6.62. The van der Waals surface area contributed by atoms with Crippen molar-refractivity contribution in [2.75, 3.05) is 23.3 Å². The fourth-order valence-electron chi connectivity index (χ4n) is 4.61. The summed E-state index contributed by atoms with van der Waals surface area (Å²) in [5, 5.41) is 3.00. The zero-order valence-electron chi connectivity index (χ0n) is 22.4. The van der Waals surface area contributed by atoms with Crippen LogP contribution in [0.15, 0.2) is 35.5 Å². The summed E-state index contributed by atoms with van der Waals surface area (Å²) in [4.78, 5) is 37.2. The number of carbonyl (C=O) groups excluding carboxylic acids is 2. The first-order valence-electron chi connectivity index (χ1n) is 13.3. The Bertz CT molecular complexity index is 1090. The fourth-order valence-corrected chi connectivity index (χ4v) is 5.34. The molecule has 0 unspecified atom stereocenters. The van der Waals surface area contributed by atoms with Gasteiger partial charge in [-0.25, -0.2) is 14.7 Å². The van der Waals surface area contributed by atoms with Gasteiger partial charge in [-0.15, -0.1) is 0 Å². The fraction of sp³-hybridized carbons (Fsp3) is 0.571. The first kappa shape index (κ1) is 27.4. The van der Waals surface area contributed by atoms with Gasteiger partial charge >= 0.3 is 5.97 Å². The topological polar surface area (TPSA) is 96.5 Å². The Labute approximate surface area is 224 Å². The molecule has 2 saturated carbocycles. The van der Waals surface area contributed by atoms with Crippen molar-refractivity contribution in [2.45, 2.75) is 89.2 Å². The molecule has 37 heavy (non-hydrogen) atoms. The highest BCUT2D eigenvalue weighted by atomic mass is 32.2. The maximum atomic E-state index is 13.1. The summed E-state index contributed by atoms with van der Waals surface area (Å²) in [6, 6.07) is 8.08. The molecule has 0 radical (unpaired) electrons. The number of amides is 1. The highest BCUT2D eigenvalue weighted by Gasteiger charge is 2.30. The summed E-state index contributed by atoms with van der Waals surface area (Å²) in [6.45, 7) is 8.60. The number of benzene rings is 1. The molecule has 4 rings (SSSR count). The zero-order valence-corrected chi connectivity index (χ0v) is 23.2. The van der Waals surface area contributed by atoms with Crippen LogP contribution in [-0.2, 0) is 9.53 Å². The molecular weight excluding hydrogens is 486 g/mol. The molecule has 1 aromatic heterocycles. The minimum absolute atomic E-state index is 0.105. The molecule has 1 heterocycles. The van der Waals surface area contributed by atoms with Crippen molar-refractivity contribution < 1.29 is 14.3 Å². The number of ether oxygens (including phenoxy) is 1. The SMILES string of the molecule is Cc1cc(SNCC(=O)OC(C)(C)C)ccc1NC(=O)c1cc(N(CC2CC2)C2CCCCC2)ncn1. The Balaban J connectivity index is 1.36. The summed E-state index contributed by atoms with van der Waals surface area (Å²) in [5.74, 6) is 1.06. The second-order valence-corrected chi connectivity index (χ2v) is 12.1. The Hall–Kier alpha value is -2.65. The maximum Gasteiger partial charge on any atom is 0.321 e. The molecule has 0 saturated heterocycles. The minimum Gasteiger partial charge on any atom is -0.459 e. The average molecular weight is 526 g/mol. The van der Waals surface area contributed by atoms with Crippen molar-refractivity contribution in [1.82, 2.24) is 14.7 Å². The number of carbonyl (C=O) groups is 2. The van der Waals surface area contributed by atoms with Crippen molar-refractivity contribution >= 4 is 35.3 Å². The lowest BCUT2D eigenvalue weighted by molar-refractivity contribution is -0.153. The number of rotatable bonds is 10. The van der Waals surface area contributed by atoms with Gasteiger partial charge in [0.2, 0.25) is 0 Å². The van der Waals surface area contributed by atoms with Gasteiger partial charge in [-0.1, -0.05) is 19.3 Å². The van der Waals surface area contributed by atoms with Crippen LogP contribution in [0.3, 0.4) is 0 Å². The molecule has 2 fully saturated rings. The quantitative estimate of drug-likeness (QED) is 0.309. The maximum absolute atomic E-state index is 13.1. The van der Waals surface area contributed by atoms with Gasteiger partial charge < -0.3 is 15.0 Å². The molecule has 2 aliphatic carbocycles. The molecule has 1 aromatic carbocycles. The van der Waals surface area contributed by atoms with E-state index in [9.17, 15) is 9.59 Å². The predicted octanol–water partition coefficient (Wildman–Crippen LogP) is 5.52. The van der Waals surface area contributed by atoms with E-state index in [2.05, 4.69) is 24.9 Å². The van der Waals surface area contributed by atoms with Gasteiger partial charge in [0.25, 0.3) is 5.91 Å². The van der Waals surface area contributed by atoms with Gasteiger partial charge in [0.1, 0.15) is 30.0 Å². The first-order chi connectivity index (χ1) is 17.7. The molecule has 0 spiro atoms. The zero-order chi connectivity index (χ0) is 26.4. The second kappa shape index (κ2) is 12.3. The van der Waals surface area contributed by atoms with Gasteiger partial charge in [-0.3, -0.25) is 9.59 Å². The molecule has 1 amide bonds. The van der Waals surface area contributed by atoms with Crippen LogP contribution in [0, 0.1) is 12.8 Å². The molecule has 2 aliphatic rings. The van der Waals surface area contributed by atoms with Crippen LogP contribution in [0.5, 0.6) is 0 Å². The average Bonchev–Trinajstić information content (AvgIpc) is 3.68. The van der Waals surface area contributed by atoms with Crippen LogP contribution in [-0.4, -0.2) is 46.6 Å². The Kier molecular flexibility index (Phi) is 9.08. The van der Waals surface area contributed by atoms with Gasteiger partial charge in [-0.2, -0.15) is 0 Å². The summed E-state index contributed by atoms with van der Waals surface area (Å²) < 4.78 is 8.34. The highest BCUT2D eigenvalue weighted by Crippen LogP contribution is 2.34. The lowest BCUT2D eigenvalue weighted by Crippen LogP contribution is -2.39. The molecule has 200 valence electrons. The largest absolute Gasteiger partial charge is 0.459 e. The van der Waals surface area contributed by atoms with E-state index >= 15 is 0 Å². The molecule has 2 aromatic rings. The standard InChI is InChI=1S/C28H39N5O3S/c1-19-14-22(37-31-16-26(34)36-28(2,3)4)12-13-23(19)32-27(35)24-15-25(30-18-29-24)33(17-20-10-11-20)21-8-6-5-7-9-21/h12-15,18,20-21,31H,5-11,16-17H2,1-4H3,(H,32,35). The Morgan fingerprint density at radius 1 is 1.08 bits per heavy atom. The second-order valence-electron chi connectivity index (χ2n) is 11.1. The van der Waals surface area contributed by atoms with E-state index in [1.54, 1.807) is 0 Å². The number of aromatic nitrogens is 2. The van der Waals surface area contributed by atoms with Crippen molar-refractivity contribution in [3.63, 3.8) is 0 Å². The number of anilines is 2. The van der Waals surface area contributed by atoms with Crippen LogP contribution < -0.4 is 14.9 Å². The molecule has 0 bridgehead atoms. The number of aryl methyl sites for hydroxylation is 1. The van der Waals surface area contributed by atoms with E-state index < -0.39 is 5.60 Å². The highest BCUT2D eigenvalue weighted by molar-refractivity contribution is 7.97. The Morgan fingerprint density at radius 3 is 2.51 bits per heavy atom. The monoisotopic (exact) mass is 525 g/mol. The normalized spacial score (nSPS) is 16.3. The van der Waals surface area contributed by atoms with E-state index in [-0.39, 0.29) is 18.4 Å². The number of nitrogens with one attached hydrogen (secondary N) is 2. The lowest BCUT2D eigenvalue weighted by atomic mass is 9.94. The smallest absolute Gasteiger partial charge is 0.321 e. The molecule has 2 N–H and O–H groups in total. The lowest BCUT2D eigenvalue weighted by Gasteiger charge is -2.35. The molecule has 0 atom stereocenters.